The highest BCUT2D eigenvalue weighted by molar-refractivity contribution is 5.41. The maximum absolute atomic E-state index is 4.01. The zero-order chi connectivity index (χ0) is 8.65. The van der Waals surface area contributed by atoms with Gasteiger partial charge in [0.05, 0.1) is 12.6 Å². The van der Waals surface area contributed by atoms with Crippen LogP contribution >= 0.6 is 0 Å². The molecule has 0 heterocycles. The SMILES string of the molecule is CCN=C=NCc1ccccc1. The Morgan fingerprint density at radius 2 is 1.92 bits per heavy atom. The first-order chi connectivity index (χ1) is 5.93. The van der Waals surface area contributed by atoms with E-state index in [1.165, 1.54) is 5.56 Å². The molecule has 1 rings (SSSR count). The van der Waals surface area contributed by atoms with E-state index in [4.69, 9.17) is 0 Å². The summed E-state index contributed by atoms with van der Waals surface area (Å²) < 4.78 is 0. The molecule has 2 nitrogen and oxygen atoms in total. The third kappa shape index (κ3) is 3.13. The summed E-state index contributed by atoms with van der Waals surface area (Å²) in [4.78, 5) is 7.88. The van der Waals surface area contributed by atoms with Crippen LogP contribution in [0.1, 0.15) is 12.5 Å². The Bertz CT molecular complexity index is 271. The Morgan fingerprint density at radius 1 is 1.17 bits per heavy atom. The van der Waals surface area contributed by atoms with Crippen molar-refractivity contribution in [3.05, 3.63) is 35.9 Å². The molecule has 0 saturated carbocycles. The van der Waals surface area contributed by atoms with Crippen LogP contribution in [0.15, 0.2) is 40.3 Å². The minimum Gasteiger partial charge on any atom is -0.226 e. The molecule has 0 fully saturated rings. The van der Waals surface area contributed by atoms with Crippen molar-refractivity contribution in [1.29, 1.82) is 0 Å². The summed E-state index contributed by atoms with van der Waals surface area (Å²) in [5.74, 6) is 0. The average Bonchev–Trinajstić information content (AvgIpc) is 2.14. The second-order valence-corrected chi connectivity index (χ2v) is 2.38. The van der Waals surface area contributed by atoms with Gasteiger partial charge in [-0.3, -0.25) is 0 Å². The van der Waals surface area contributed by atoms with Crippen molar-refractivity contribution >= 4 is 6.01 Å². The average molecular weight is 160 g/mol. The van der Waals surface area contributed by atoms with Crippen molar-refractivity contribution < 1.29 is 0 Å². The number of benzene rings is 1. The molecule has 0 amide bonds. The lowest BCUT2D eigenvalue weighted by molar-refractivity contribution is 1.06. The molecule has 12 heavy (non-hydrogen) atoms. The van der Waals surface area contributed by atoms with Gasteiger partial charge in [-0.1, -0.05) is 30.3 Å². The Kier molecular flexibility index (Phi) is 3.82. The van der Waals surface area contributed by atoms with Crippen LogP contribution in [0.5, 0.6) is 0 Å². The lowest BCUT2D eigenvalue weighted by atomic mass is 10.2. The van der Waals surface area contributed by atoms with Crippen LogP contribution in [0.3, 0.4) is 0 Å². The smallest absolute Gasteiger partial charge is 0.0895 e. The third-order valence-electron chi connectivity index (χ3n) is 1.40. The van der Waals surface area contributed by atoms with Gasteiger partial charge in [0.1, 0.15) is 0 Å². The van der Waals surface area contributed by atoms with E-state index in [0.717, 1.165) is 6.54 Å². The predicted octanol–water partition coefficient (Wildman–Crippen LogP) is 2.38. The molecule has 0 unspecified atom stereocenters. The highest BCUT2D eigenvalue weighted by Gasteiger charge is 1.84. The zero-order valence-electron chi connectivity index (χ0n) is 7.20. The van der Waals surface area contributed by atoms with Crippen molar-refractivity contribution in [2.75, 3.05) is 6.54 Å². The topological polar surface area (TPSA) is 24.7 Å². The molecular weight excluding hydrogens is 148 g/mol. The summed E-state index contributed by atoms with van der Waals surface area (Å²) in [6, 6.07) is 12.7. The molecule has 0 bridgehead atoms. The van der Waals surface area contributed by atoms with Gasteiger partial charge in [-0.15, -0.1) is 0 Å². The van der Waals surface area contributed by atoms with Gasteiger partial charge >= 0.3 is 0 Å². The summed E-state index contributed by atoms with van der Waals surface area (Å²) in [7, 11) is 0. The van der Waals surface area contributed by atoms with Gasteiger partial charge in [0.15, 0.2) is 0 Å². The van der Waals surface area contributed by atoms with Crippen LogP contribution in [0.2, 0.25) is 0 Å². The van der Waals surface area contributed by atoms with E-state index < -0.39 is 0 Å². The van der Waals surface area contributed by atoms with Gasteiger partial charge in [0.2, 0.25) is 0 Å². The van der Waals surface area contributed by atoms with Crippen LogP contribution in [0.25, 0.3) is 0 Å². The molecule has 0 aliphatic rings. The molecule has 0 saturated heterocycles. The van der Waals surface area contributed by atoms with Crippen molar-refractivity contribution in [1.82, 2.24) is 0 Å². The monoisotopic (exact) mass is 160 g/mol. The van der Waals surface area contributed by atoms with E-state index >= 15 is 0 Å². The standard InChI is InChI=1S/C10H12N2/c1-2-11-9-12-8-10-6-4-3-5-7-10/h3-7H,2,8H2,1H3. The fourth-order valence-electron chi connectivity index (χ4n) is 0.831. The number of nitrogens with zero attached hydrogens (tertiary/aromatic N) is 2. The van der Waals surface area contributed by atoms with Gasteiger partial charge in [0.25, 0.3) is 0 Å². The molecule has 62 valence electrons. The predicted molar refractivity (Wildman–Crippen MR) is 50.6 cm³/mol. The number of rotatable bonds is 3. The molecule has 1 aromatic carbocycles. The van der Waals surface area contributed by atoms with E-state index in [1.54, 1.807) is 0 Å². The minimum absolute atomic E-state index is 0.671. The molecule has 0 radical (unpaired) electrons. The fraction of sp³-hybridized carbons (Fsp3) is 0.300. The first kappa shape index (κ1) is 8.69. The van der Waals surface area contributed by atoms with Gasteiger partial charge < -0.3 is 0 Å². The summed E-state index contributed by atoms with van der Waals surface area (Å²) in [5, 5.41) is 0. The molecule has 0 aromatic heterocycles. The van der Waals surface area contributed by atoms with Gasteiger partial charge in [0, 0.05) is 6.54 Å². The number of aliphatic imine (C=N–C) groups is 2. The highest BCUT2D eigenvalue weighted by Crippen LogP contribution is 1.98. The second kappa shape index (κ2) is 5.28. The molecule has 1 aromatic rings. The zero-order valence-corrected chi connectivity index (χ0v) is 7.20. The molecule has 0 spiro atoms. The molecule has 0 aliphatic carbocycles. The van der Waals surface area contributed by atoms with Gasteiger partial charge in [-0.2, -0.15) is 0 Å². The van der Waals surface area contributed by atoms with Crippen LogP contribution in [0, 0.1) is 0 Å². The summed E-state index contributed by atoms with van der Waals surface area (Å²) in [6.07, 6.45) is 0. The van der Waals surface area contributed by atoms with Crippen molar-refractivity contribution in [3.8, 4) is 0 Å². The normalized spacial score (nSPS) is 8.75. The third-order valence-corrected chi connectivity index (χ3v) is 1.40. The van der Waals surface area contributed by atoms with E-state index in [9.17, 15) is 0 Å². The Labute approximate surface area is 72.7 Å². The van der Waals surface area contributed by atoms with Crippen LogP contribution in [-0.4, -0.2) is 12.6 Å². The molecule has 2 heteroatoms. The Morgan fingerprint density at radius 3 is 2.58 bits per heavy atom. The Hall–Kier alpha value is -1.40. The quantitative estimate of drug-likeness (QED) is 0.606. The largest absolute Gasteiger partial charge is 0.226 e. The second-order valence-electron chi connectivity index (χ2n) is 2.38. The van der Waals surface area contributed by atoms with Crippen LogP contribution in [-0.2, 0) is 6.54 Å². The minimum atomic E-state index is 0.671. The number of hydrogen-bond acceptors (Lipinski definition) is 2. The molecule has 0 atom stereocenters. The van der Waals surface area contributed by atoms with Crippen molar-refractivity contribution in [2.45, 2.75) is 13.5 Å². The van der Waals surface area contributed by atoms with Gasteiger partial charge in [-0.05, 0) is 12.5 Å². The summed E-state index contributed by atoms with van der Waals surface area (Å²) >= 11 is 0. The summed E-state index contributed by atoms with van der Waals surface area (Å²) in [5.41, 5.74) is 1.19. The van der Waals surface area contributed by atoms with E-state index in [2.05, 4.69) is 16.0 Å². The van der Waals surface area contributed by atoms with Crippen molar-refractivity contribution in [2.24, 2.45) is 9.98 Å². The molecule has 0 aliphatic heterocycles. The van der Waals surface area contributed by atoms with Crippen LogP contribution < -0.4 is 0 Å². The lowest BCUT2D eigenvalue weighted by Gasteiger charge is -1.90. The van der Waals surface area contributed by atoms with Gasteiger partial charge in [-0.25, -0.2) is 9.98 Å². The molecule has 0 N–H and O–H groups in total. The lowest BCUT2D eigenvalue weighted by Crippen LogP contribution is -1.78. The number of hydrogen-bond donors (Lipinski definition) is 0. The van der Waals surface area contributed by atoms with E-state index in [0.29, 0.717) is 6.54 Å². The Balaban J connectivity index is 2.49. The maximum Gasteiger partial charge on any atom is 0.0895 e. The maximum atomic E-state index is 4.01. The summed E-state index contributed by atoms with van der Waals surface area (Å²) in [6.45, 7) is 3.38. The first-order valence-corrected chi connectivity index (χ1v) is 4.05. The highest BCUT2D eigenvalue weighted by atomic mass is 14.8. The van der Waals surface area contributed by atoms with E-state index in [1.807, 2.05) is 37.3 Å². The molecular formula is C10H12N2. The fourth-order valence-corrected chi connectivity index (χ4v) is 0.831. The first-order valence-electron chi connectivity index (χ1n) is 4.05. The van der Waals surface area contributed by atoms with Crippen LogP contribution in [0.4, 0.5) is 0 Å². The van der Waals surface area contributed by atoms with Crippen molar-refractivity contribution in [3.63, 3.8) is 0 Å². The van der Waals surface area contributed by atoms with E-state index in [-0.39, 0.29) is 0 Å².